The van der Waals surface area contributed by atoms with Gasteiger partial charge in [0.1, 0.15) is 11.5 Å². The molecule has 2 rings (SSSR count). The van der Waals surface area contributed by atoms with E-state index in [9.17, 15) is 20.1 Å². The number of carboxylic acid groups (broad SMARTS) is 1. The van der Waals surface area contributed by atoms with E-state index in [1.54, 1.807) is 12.1 Å². The van der Waals surface area contributed by atoms with E-state index in [1.807, 2.05) is 72.7 Å². The fourth-order valence-electron chi connectivity index (χ4n) is 3.77. The SMILES string of the molecule is CC(C)(C)c1cc(C(C)(CCC(=O)O)c2ccc(O)c(C(C)(C)C)c2)ccc1O. The Morgan fingerprint density at radius 2 is 1.14 bits per heavy atom. The lowest BCUT2D eigenvalue weighted by molar-refractivity contribution is -0.137. The molecule has 0 spiro atoms. The van der Waals surface area contributed by atoms with Crippen molar-refractivity contribution in [2.75, 3.05) is 0 Å². The molecule has 0 aliphatic heterocycles. The van der Waals surface area contributed by atoms with Crippen molar-refractivity contribution in [2.24, 2.45) is 0 Å². The molecule has 0 atom stereocenters. The van der Waals surface area contributed by atoms with Crippen molar-refractivity contribution in [3.05, 3.63) is 58.7 Å². The number of hydrogen-bond donors (Lipinski definition) is 3. The van der Waals surface area contributed by atoms with Crippen LogP contribution in [-0.2, 0) is 21.0 Å². The first-order chi connectivity index (χ1) is 13.2. The zero-order chi connectivity index (χ0) is 22.2. The van der Waals surface area contributed by atoms with Gasteiger partial charge in [0.15, 0.2) is 0 Å². The lowest BCUT2D eigenvalue weighted by atomic mass is 9.70. The van der Waals surface area contributed by atoms with E-state index in [0.29, 0.717) is 6.42 Å². The zero-order valence-electron chi connectivity index (χ0n) is 18.6. The Morgan fingerprint density at radius 3 is 1.45 bits per heavy atom. The Morgan fingerprint density at radius 1 is 0.759 bits per heavy atom. The molecule has 0 aliphatic carbocycles. The lowest BCUT2D eigenvalue weighted by Gasteiger charge is -2.34. The Labute approximate surface area is 174 Å². The molecule has 2 aromatic rings. The molecule has 4 nitrogen and oxygen atoms in total. The van der Waals surface area contributed by atoms with E-state index in [2.05, 4.69) is 0 Å². The molecule has 0 aromatic heterocycles. The van der Waals surface area contributed by atoms with Gasteiger partial charge in [-0.2, -0.15) is 0 Å². The molecular formula is C25H34O4. The minimum Gasteiger partial charge on any atom is -0.508 e. The predicted octanol–water partition coefficient (Wildman–Crippen LogP) is 5.86. The quantitative estimate of drug-likeness (QED) is 0.589. The van der Waals surface area contributed by atoms with Crippen molar-refractivity contribution in [2.45, 2.75) is 77.6 Å². The average Bonchev–Trinajstić information content (AvgIpc) is 2.58. The van der Waals surface area contributed by atoms with Gasteiger partial charge in [-0.25, -0.2) is 0 Å². The van der Waals surface area contributed by atoms with Crippen LogP contribution >= 0.6 is 0 Å². The normalized spacial score (nSPS) is 12.8. The van der Waals surface area contributed by atoms with E-state index >= 15 is 0 Å². The van der Waals surface area contributed by atoms with Crippen LogP contribution in [0.3, 0.4) is 0 Å². The first-order valence-corrected chi connectivity index (χ1v) is 10.1. The fraction of sp³-hybridized carbons (Fsp3) is 0.480. The summed E-state index contributed by atoms with van der Waals surface area (Å²) in [4.78, 5) is 11.4. The summed E-state index contributed by atoms with van der Waals surface area (Å²) in [6, 6.07) is 11.1. The molecule has 0 radical (unpaired) electrons. The molecule has 2 aromatic carbocycles. The summed E-state index contributed by atoms with van der Waals surface area (Å²) in [6.45, 7) is 14.3. The summed E-state index contributed by atoms with van der Waals surface area (Å²) in [6.07, 6.45) is 0.430. The van der Waals surface area contributed by atoms with Crippen molar-refractivity contribution in [1.29, 1.82) is 0 Å². The van der Waals surface area contributed by atoms with Gasteiger partial charge in [0.05, 0.1) is 0 Å². The highest BCUT2D eigenvalue weighted by atomic mass is 16.4. The predicted molar refractivity (Wildman–Crippen MR) is 117 cm³/mol. The first kappa shape index (κ1) is 22.8. The highest BCUT2D eigenvalue weighted by Crippen LogP contribution is 2.43. The summed E-state index contributed by atoms with van der Waals surface area (Å²) >= 11 is 0. The number of aromatic hydroxyl groups is 2. The second-order valence-electron chi connectivity index (χ2n) is 10.2. The number of benzene rings is 2. The molecule has 0 unspecified atom stereocenters. The molecule has 158 valence electrons. The Balaban J connectivity index is 2.72. The second-order valence-corrected chi connectivity index (χ2v) is 10.2. The van der Waals surface area contributed by atoms with Gasteiger partial charge in [-0.3, -0.25) is 4.79 Å². The van der Waals surface area contributed by atoms with E-state index in [1.165, 1.54) is 0 Å². The van der Waals surface area contributed by atoms with Crippen LogP contribution in [0.4, 0.5) is 0 Å². The molecule has 0 saturated carbocycles. The lowest BCUT2D eigenvalue weighted by Crippen LogP contribution is -2.27. The van der Waals surface area contributed by atoms with E-state index in [4.69, 9.17) is 0 Å². The van der Waals surface area contributed by atoms with Crippen LogP contribution in [0, 0.1) is 0 Å². The molecule has 4 heteroatoms. The Hall–Kier alpha value is -2.49. The second kappa shape index (κ2) is 7.74. The summed E-state index contributed by atoms with van der Waals surface area (Å²) < 4.78 is 0. The topological polar surface area (TPSA) is 77.8 Å². The molecule has 0 aliphatic rings. The summed E-state index contributed by atoms with van der Waals surface area (Å²) in [5.41, 5.74) is 2.47. The fourth-order valence-corrected chi connectivity index (χ4v) is 3.77. The minimum atomic E-state index is -0.846. The van der Waals surface area contributed by atoms with Crippen molar-refractivity contribution < 1.29 is 20.1 Å². The minimum absolute atomic E-state index is 0.0218. The van der Waals surface area contributed by atoms with Gasteiger partial charge in [0, 0.05) is 11.8 Å². The third kappa shape index (κ3) is 4.92. The van der Waals surface area contributed by atoms with E-state index in [0.717, 1.165) is 22.3 Å². The molecule has 0 fully saturated rings. The maximum absolute atomic E-state index is 11.4. The number of carbonyl (C=O) groups is 1. The maximum Gasteiger partial charge on any atom is 0.303 e. The van der Waals surface area contributed by atoms with E-state index < -0.39 is 11.4 Å². The van der Waals surface area contributed by atoms with Gasteiger partial charge in [0.25, 0.3) is 0 Å². The molecule has 3 N–H and O–H groups in total. The van der Waals surface area contributed by atoms with Crippen LogP contribution in [0.5, 0.6) is 11.5 Å². The van der Waals surface area contributed by atoms with Gasteiger partial charge >= 0.3 is 5.97 Å². The first-order valence-electron chi connectivity index (χ1n) is 10.1. The monoisotopic (exact) mass is 398 g/mol. The highest BCUT2D eigenvalue weighted by molar-refractivity contribution is 5.67. The molecule has 0 saturated heterocycles. The van der Waals surface area contributed by atoms with Crippen molar-refractivity contribution in [3.63, 3.8) is 0 Å². The standard InChI is InChI=1S/C25H34O4/c1-23(2,3)18-14-16(8-10-20(18)26)25(7,13-12-22(28)29)17-9-11-21(27)19(15-17)24(4,5)6/h8-11,14-15,26-27H,12-13H2,1-7H3,(H,28,29). The van der Waals surface area contributed by atoms with Crippen LogP contribution < -0.4 is 0 Å². The number of aliphatic carboxylic acids is 1. The zero-order valence-corrected chi connectivity index (χ0v) is 18.6. The van der Waals surface area contributed by atoms with Gasteiger partial charge in [-0.15, -0.1) is 0 Å². The number of phenolic OH excluding ortho intramolecular Hbond substituents is 2. The van der Waals surface area contributed by atoms with Gasteiger partial charge < -0.3 is 15.3 Å². The smallest absolute Gasteiger partial charge is 0.303 e. The number of phenols is 2. The Kier molecular flexibility index (Phi) is 6.08. The molecule has 0 bridgehead atoms. The van der Waals surface area contributed by atoms with Crippen molar-refractivity contribution in [3.8, 4) is 11.5 Å². The van der Waals surface area contributed by atoms with Crippen LogP contribution in [0.25, 0.3) is 0 Å². The molecular weight excluding hydrogens is 364 g/mol. The van der Waals surface area contributed by atoms with Gasteiger partial charge in [-0.05, 0) is 51.6 Å². The van der Waals surface area contributed by atoms with Crippen molar-refractivity contribution >= 4 is 5.97 Å². The number of hydrogen-bond acceptors (Lipinski definition) is 3. The molecule has 29 heavy (non-hydrogen) atoms. The maximum atomic E-state index is 11.4. The van der Waals surface area contributed by atoms with E-state index in [-0.39, 0.29) is 28.7 Å². The van der Waals surface area contributed by atoms with Crippen LogP contribution in [-0.4, -0.2) is 21.3 Å². The third-order valence-corrected chi connectivity index (χ3v) is 5.72. The highest BCUT2D eigenvalue weighted by Gasteiger charge is 2.33. The molecule has 0 amide bonds. The Bertz CT molecular complexity index is 835. The van der Waals surface area contributed by atoms with Gasteiger partial charge in [0.2, 0.25) is 0 Å². The number of carboxylic acids is 1. The van der Waals surface area contributed by atoms with Gasteiger partial charge in [-0.1, -0.05) is 72.7 Å². The summed E-state index contributed by atoms with van der Waals surface area (Å²) in [5.74, 6) is -0.369. The summed E-state index contributed by atoms with van der Waals surface area (Å²) in [5, 5.41) is 30.1. The largest absolute Gasteiger partial charge is 0.508 e. The average molecular weight is 399 g/mol. The van der Waals surface area contributed by atoms with Crippen molar-refractivity contribution in [1.82, 2.24) is 0 Å². The third-order valence-electron chi connectivity index (χ3n) is 5.72. The number of rotatable bonds is 5. The summed E-state index contributed by atoms with van der Waals surface area (Å²) in [7, 11) is 0. The van der Waals surface area contributed by atoms with Crippen LogP contribution in [0.1, 0.15) is 83.6 Å². The van der Waals surface area contributed by atoms with Crippen LogP contribution in [0.15, 0.2) is 36.4 Å². The van der Waals surface area contributed by atoms with Crippen LogP contribution in [0.2, 0.25) is 0 Å². The molecule has 0 heterocycles.